The largest absolute Gasteiger partial charge is 0.493 e. The Morgan fingerprint density at radius 2 is 2.14 bits per heavy atom. The van der Waals surface area contributed by atoms with Crippen molar-refractivity contribution in [3.8, 4) is 5.75 Å². The van der Waals surface area contributed by atoms with Crippen LogP contribution in [0.25, 0.3) is 0 Å². The summed E-state index contributed by atoms with van der Waals surface area (Å²) in [5.74, 6) is 1.91. The third-order valence-electron chi connectivity index (χ3n) is 2.91. The summed E-state index contributed by atoms with van der Waals surface area (Å²) in [5.41, 5.74) is 1.04. The molecule has 0 fully saturated rings. The molecule has 0 atom stereocenters. The lowest BCUT2D eigenvalue weighted by Gasteiger charge is -2.10. The lowest BCUT2D eigenvalue weighted by Crippen LogP contribution is -2.05. The number of nitrogens with one attached hydrogen (secondary N) is 1. The molecule has 116 valence electrons. The van der Waals surface area contributed by atoms with Gasteiger partial charge in [-0.2, -0.15) is 0 Å². The molecule has 0 bridgehead atoms. The van der Waals surface area contributed by atoms with E-state index in [2.05, 4.69) is 24.1 Å². The second kappa shape index (κ2) is 7.40. The highest BCUT2D eigenvalue weighted by molar-refractivity contribution is 5.41. The monoisotopic (exact) mass is 301 g/mol. The maximum atomic E-state index is 10.6. The number of anilines is 1. The molecule has 22 heavy (non-hydrogen) atoms. The zero-order valence-electron chi connectivity index (χ0n) is 12.7. The van der Waals surface area contributed by atoms with E-state index in [1.807, 2.05) is 24.3 Å². The van der Waals surface area contributed by atoms with Gasteiger partial charge in [-0.05, 0) is 29.7 Å². The molecule has 6 heteroatoms. The van der Waals surface area contributed by atoms with Crippen LogP contribution in [0.3, 0.4) is 0 Å². The van der Waals surface area contributed by atoms with Gasteiger partial charge in [0.15, 0.2) is 0 Å². The number of aromatic nitrogens is 1. The van der Waals surface area contributed by atoms with Crippen molar-refractivity contribution in [2.75, 3.05) is 11.9 Å². The summed E-state index contributed by atoms with van der Waals surface area (Å²) in [7, 11) is 0. The zero-order valence-corrected chi connectivity index (χ0v) is 12.7. The van der Waals surface area contributed by atoms with Crippen LogP contribution in [-0.4, -0.2) is 16.5 Å². The molecule has 6 nitrogen and oxygen atoms in total. The average Bonchev–Trinajstić information content (AvgIpc) is 2.52. The van der Waals surface area contributed by atoms with E-state index in [4.69, 9.17) is 4.74 Å². The average molecular weight is 301 g/mol. The van der Waals surface area contributed by atoms with E-state index in [0.717, 1.165) is 11.3 Å². The summed E-state index contributed by atoms with van der Waals surface area (Å²) in [4.78, 5) is 14.1. The Hall–Kier alpha value is -2.63. The first-order chi connectivity index (χ1) is 10.5. The maximum absolute atomic E-state index is 10.6. The van der Waals surface area contributed by atoms with Crippen molar-refractivity contribution in [3.05, 3.63) is 58.3 Å². The predicted octanol–water partition coefficient (Wildman–Crippen LogP) is 3.64. The van der Waals surface area contributed by atoms with Crippen molar-refractivity contribution >= 4 is 11.5 Å². The van der Waals surface area contributed by atoms with Gasteiger partial charge >= 0.3 is 0 Å². The summed E-state index contributed by atoms with van der Waals surface area (Å²) in [6.45, 7) is 5.46. The predicted molar refractivity (Wildman–Crippen MR) is 85.0 cm³/mol. The van der Waals surface area contributed by atoms with Crippen LogP contribution in [-0.2, 0) is 6.54 Å². The Balaban J connectivity index is 1.93. The van der Waals surface area contributed by atoms with Gasteiger partial charge in [0, 0.05) is 12.6 Å². The Kier molecular flexibility index (Phi) is 5.30. The molecule has 1 heterocycles. The van der Waals surface area contributed by atoms with Crippen molar-refractivity contribution in [3.63, 3.8) is 0 Å². The van der Waals surface area contributed by atoms with E-state index in [-0.39, 0.29) is 5.69 Å². The first-order valence-corrected chi connectivity index (χ1v) is 7.10. The molecule has 0 aliphatic carbocycles. The summed E-state index contributed by atoms with van der Waals surface area (Å²) in [6, 6.07) is 10.8. The quantitative estimate of drug-likeness (QED) is 0.624. The van der Waals surface area contributed by atoms with Crippen LogP contribution >= 0.6 is 0 Å². The Labute approximate surface area is 129 Å². The van der Waals surface area contributed by atoms with Crippen molar-refractivity contribution in [2.24, 2.45) is 5.92 Å². The fraction of sp³-hybridized carbons (Fsp3) is 0.312. The molecular weight excluding hydrogens is 282 g/mol. The standard InChI is InChI=1S/C16H19N3O3/c1-12(2)11-22-15-5-3-4-13(8-15)9-17-16-7-6-14(10-18-16)19(20)21/h3-8,10,12H,9,11H2,1-2H3,(H,17,18). The Morgan fingerprint density at radius 3 is 2.77 bits per heavy atom. The number of pyridine rings is 1. The normalized spacial score (nSPS) is 10.5. The van der Waals surface area contributed by atoms with Gasteiger partial charge in [-0.1, -0.05) is 26.0 Å². The lowest BCUT2D eigenvalue weighted by atomic mass is 10.2. The molecule has 2 aromatic rings. The van der Waals surface area contributed by atoms with Gasteiger partial charge in [0.2, 0.25) is 0 Å². The van der Waals surface area contributed by atoms with Crippen molar-refractivity contribution in [2.45, 2.75) is 20.4 Å². The van der Waals surface area contributed by atoms with E-state index in [9.17, 15) is 10.1 Å². The molecule has 1 N–H and O–H groups in total. The second-order valence-electron chi connectivity index (χ2n) is 5.36. The Morgan fingerprint density at radius 1 is 1.32 bits per heavy atom. The number of benzene rings is 1. The smallest absolute Gasteiger partial charge is 0.287 e. The molecule has 0 radical (unpaired) electrons. The van der Waals surface area contributed by atoms with Crippen LogP contribution in [0.4, 0.5) is 11.5 Å². The fourth-order valence-corrected chi connectivity index (χ4v) is 1.80. The molecule has 0 aliphatic rings. The number of nitro groups is 1. The van der Waals surface area contributed by atoms with Crippen LogP contribution in [0.15, 0.2) is 42.6 Å². The third kappa shape index (κ3) is 4.73. The minimum Gasteiger partial charge on any atom is -0.493 e. The molecule has 0 saturated heterocycles. The van der Waals surface area contributed by atoms with Crippen LogP contribution in [0.5, 0.6) is 5.75 Å². The zero-order chi connectivity index (χ0) is 15.9. The molecule has 0 amide bonds. The highest BCUT2D eigenvalue weighted by Gasteiger charge is 2.05. The highest BCUT2D eigenvalue weighted by atomic mass is 16.6. The highest BCUT2D eigenvalue weighted by Crippen LogP contribution is 2.16. The second-order valence-corrected chi connectivity index (χ2v) is 5.36. The van der Waals surface area contributed by atoms with E-state index in [0.29, 0.717) is 24.9 Å². The SMILES string of the molecule is CC(C)COc1cccc(CNc2ccc([N+](=O)[O-])cn2)c1. The van der Waals surface area contributed by atoms with Gasteiger partial charge in [0.1, 0.15) is 17.8 Å². The number of rotatable bonds is 7. The summed E-state index contributed by atoms with van der Waals surface area (Å²) in [6.07, 6.45) is 1.24. The van der Waals surface area contributed by atoms with Crippen LogP contribution in [0, 0.1) is 16.0 Å². The fourth-order valence-electron chi connectivity index (χ4n) is 1.80. The molecule has 1 aromatic carbocycles. The summed E-state index contributed by atoms with van der Waals surface area (Å²) >= 11 is 0. The van der Waals surface area contributed by atoms with E-state index in [1.54, 1.807) is 6.07 Å². The minimum atomic E-state index is -0.466. The van der Waals surface area contributed by atoms with Gasteiger partial charge in [-0.15, -0.1) is 0 Å². The summed E-state index contributed by atoms with van der Waals surface area (Å²) < 4.78 is 5.68. The number of nitrogens with zero attached hydrogens (tertiary/aromatic N) is 2. The minimum absolute atomic E-state index is 0.0189. The number of ether oxygens (including phenoxy) is 1. The van der Waals surface area contributed by atoms with Gasteiger partial charge in [0.05, 0.1) is 11.5 Å². The lowest BCUT2D eigenvalue weighted by molar-refractivity contribution is -0.385. The molecule has 0 spiro atoms. The van der Waals surface area contributed by atoms with Gasteiger partial charge in [-0.3, -0.25) is 10.1 Å². The topological polar surface area (TPSA) is 77.3 Å². The maximum Gasteiger partial charge on any atom is 0.287 e. The van der Waals surface area contributed by atoms with E-state index >= 15 is 0 Å². The molecule has 2 rings (SSSR count). The third-order valence-corrected chi connectivity index (χ3v) is 2.91. The van der Waals surface area contributed by atoms with Gasteiger partial charge < -0.3 is 10.1 Å². The van der Waals surface area contributed by atoms with Crippen molar-refractivity contribution < 1.29 is 9.66 Å². The first kappa shape index (κ1) is 15.8. The number of hydrogen-bond acceptors (Lipinski definition) is 5. The summed E-state index contributed by atoms with van der Waals surface area (Å²) in [5, 5.41) is 13.7. The van der Waals surface area contributed by atoms with Crippen molar-refractivity contribution in [1.29, 1.82) is 0 Å². The molecule has 0 aliphatic heterocycles. The van der Waals surface area contributed by atoms with Crippen LogP contribution in [0.1, 0.15) is 19.4 Å². The molecular formula is C16H19N3O3. The van der Waals surface area contributed by atoms with Crippen molar-refractivity contribution in [1.82, 2.24) is 4.98 Å². The van der Waals surface area contributed by atoms with Crippen LogP contribution < -0.4 is 10.1 Å². The van der Waals surface area contributed by atoms with Gasteiger partial charge in [0.25, 0.3) is 5.69 Å². The van der Waals surface area contributed by atoms with Crippen LogP contribution in [0.2, 0.25) is 0 Å². The molecule has 0 unspecified atom stereocenters. The molecule has 1 aromatic heterocycles. The molecule has 0 saturated carbocycles. The van der Waals surface area contributed by atoms with Gasteiger partial charge in [-0.25, -0.2) is 4.98 Å². The number of hydrogen-bond donors (Lipinski definition) is 1. The Bertz CT molecular complexity index is 627. The van der Waals surface area contributed by atoms with E-state index in [1.165, 1.54) is 12.3 Å². The first-order valence-electron chi connectivity index (χ1n) is 7.10. The van der Waals surface area contributed by atoms with E-state index < -0.39 is 4.92 Å².